The molecular weight excluding hydrogens is 465 g/mol. The van der Waals surface area contributed by atoms with Crippen LogP contribution in [0.2, 0.25) is 10.2 Å². The van der Waals surface area contributed by atoms with Crippen molar-refractivity contribution in [1.82, 2.24) is 14.8 Å². The van der Waals surface area contributed by atoms with Crippen molar-refractivity contribution in [3.63, 3.8) is 0 Å². The van der Waals surface area contributed by atoms with Crippen LogP contribution in [0.4, 0.5) is 0 Å². The number of para-hydroxylation sites is 1. The number of hydrogen-bond donors (Lipinski definition) is 0. The van der Waals surface area contributed by atoms with E-state index in [4.69, 9.17) is 33.3 Å². The number of rotatable bonds is 5. The number of aryl methyl sites for hydroxylation is 1. The molecule has 2 aromatic heterocycles. The summed E-state index contributed by atoms with van der Waals surface area (Å²) in [5.41, 5.74) is 5.43. The van der Waals surface area contributed by atoms with Gasteiger partial charge in [-0.25, -0.2) is 9.67 Å². The van der Waals surface area contributed by atoms with Crippen molar-refractivity contribution in [2.45, 2.75) is 6.92 Å². The van der Waals surface area contributed by atoms with Crippen molar-refractivity contribution < 1.29 is 4.79 Å². The Morgan fingerprint density at radius 3 is 2.21 bits per heavy atom. The van der Waals surface area contributed by atoms with Gasteiger partial charge in [0.1, 0.15) is 5.15 Å². The predicted molar refractivity (Wildman–Crippen MR) is 139 cm³/mol. The molecule has 0 saturated carbocycles. The molecule has 0 aliphatic carbocycles. The van der Waals surface area contributed by atoms with Crippen LogP contribution in [0.5, 0.6) is 0 Å². The highest BCUT2D eigenvalue weighted by Gasteiger charge is 2.21. The Kier molecular flexibility index (Phi) is 6.01. The van der Waals surface area contributed by atoms with E-state index in [1.165, 1.54) is 6.08 Å². The number of carbonyl (C=O) groups excluding carboxylic acids is 1. The number of hydrogen-bond acceptors (Lipinski definition) is 3. The van der Waals surface area contributed by atoms with Crippen molar-refractivity contribution in [2.75, 3.05) is 0 Å². The summed E-state index contributed by atoms with van der Waals surface area (Å²) >= 11 is 12.7. The minimum atomic E-state index is -0.149. The first-order valence-electron chi connectivity index (χ1n) is 10.7. The zero-order valence-electron chi connectivity index (χ0n) is 18.2. The molecule has 0 amide bonds. The van der Waals surface area contributed by atoms with Crippen LogP contribution in [0.25, 0.3) is 33.9 Å². The van der Waals surface area contributed by atoms with E-state index in [2.05, 4.69) is 0 Å². The van der Waals surface area contributed by atoms with E-state index in [0.29, 0.717) is 26.9 Å². The third kappa shape index (κ3) is 4.14. The molecule has 0 atom stereocenters. The van der Waals surface area contributed by atoms with E-state index >= 15 is 0 Å². The maximum atomic E-state index is 12.8. The molecule has 166 valence electrons. The van der Waals surface area contributed by atoms with E-state index in [1.807, 2.05) is 67.6 Å². The zero-order chi connectivity index (χ0) is 23.7. The molecule has 5 rings (SSSR count). The largest absolute Gasteiger partial charge is 0.289 e. The van der Waals surface area contributed by atoms with Crippen molar-refractivity contribution in [1.29, 1.82) is 0 Å². The Bertz CT molecular complexity index is 1520. The number of halogens is 2. The average Bonchev–Trinajstić information content (AvgIpc) is 3.19. The normalized spacial score (nSPS) is 11.4. The first-order chi connectivity index (χ1) is 16.5. The number of pyridine rings is 1. The summed E-state index contributed by atoms with van der Waals surface area (Å²) < 4.78 is 1.80. The van der Waals surface area contributed by atoms with Crippen molar-refractivity contribution >= 4 is 46.1 Å². The average molecular weight is 484 g/mol. The molecule has 0 aliphatic rings. The van der Waals surface area contributed by atoms with Gasteiger partial charge in [0, 0.05) is 21.7 Å². The van der Waals surface area contributed by atoms with Gasteiger partial charge in [0.2, 0.25) is 0 Å². The highest BCUT2D eigenvalue weighted by molar-refractivity contribution is 6.32. The molecule has 4 nitrogen and oxygen atoms in total. The topological polar surface area (TPSA) is 47.8 Å². The summed E-state index contributed by atoms with van der Waals surface area (Å²) in [6.07, 6.45) is 3.24. The fraction of sp³-hybridized carbons (Fsp3) is 0.0357. The van der Waals surface area contributed by atoms with Gasteiger partial charge in [-0.3, -0.25) is 4.79 Å². The van der Waals surface area contributed by atoms with E-state index in [1.54, 1.807) is 35.0 Å². The lowest BCUT2D eigenvalue weighted by Crippen LogP contribution is -1.99. The fourth-order valence-electron chi connectivity index (χ4n) is 3.98. The summed E-state index contributed by atoms with van der Waals surface area (Å²) in [6, 6.07) is 26.5. The molecule has 34 heavy (non-hydrogen) atoms. The van der Waals surface area contributed by atoms with Crippen LogP contribution in [0.1, 0.15) is 21.6 Å². The third-order valence-electron chi connectivity index (χ3n) is 5.58. The molecule has 0 fully saturated rings. The van der Waals surface area contributed by atoms with Crippen molar-refractivity contribution in [3.8, 4) is 16.8 Å². The molecule has 2 heterocycles. The second-order valence-electron chi connectivity index (χ2n) is 7.79. The zero-order valence-corrected chi connectivity index (χ0v) is 19.8. The van der Waals surface area contributed by atoms with E-state index < -0.39 is 0 Å². The number of benzene rings is 3. The molecule has 0 radical (unpaired) electrons. The molecule has 0 aliphatic heterocycles. The van der Waals surface area contributed by atoms with Gasteiger partial charge in [-0.1, -0.05) is 71.7 Å². The lowest BCUT2D eigenvalue weighted by molar-refractivity contribution is 0.104. The van der Waals surface area contributed by atoms with E-state index in [0.717, 1.165) is 27.9 Å². The highest BCUT2D eigenvalue weighted by Crippen LogP contribution is 2.38. The predicted octanol–water partition coefficient (Wildman–Crippen LogP) is 7.60. The maximum Gasteiger partial charge on any atom is 0.185 e. The number of nitrogens with zero attached hydrogens (tertiary/aromatic N) is 3. The third-order valence-corrected chi connectivity index (χ3v) is 6.12. The lowest BCUT2D eigenvalue weighted by Gasteiger charge is -2.11. The summed E-state index contributed by atoms with van der Waals surface area (Å²) in [5.74, 6) is -0.149. The molecule has 5 aromatic rings. The molecule has 6 heteroatoms. The molecule has 0 saturated heterocycles. The minimum absolute atomic E-state index is 0.149. The number of allylic oxidation sites excluding steroid dienone is 1. The maximum absolute atomic E-state index is 12.8. The smallest absolute Gasteiger partial charge is 0.185 e. The standard InChI is InChI=1S/C28H19Cl2N3O/c1-18-25-26(20-8-4-2-5-9-20)23(16-17-24(34)19-12-14-21(29)15-13-19)27(30)31-28(25)33(32-18)22-10-6-3-7-11-22/h2-17H,1H3/b17-16+. The Balaban J connectivity index is 1.72. The quantitative estimate of drug-likeness (QED) is 0.147. The summed E-state index contributed by atoms with van der Waals surface area (Å²) in [5, 5.41) is 6.53. The summed E-state index contributed by atoms with van der Waals surface area (Å²) in [6.45, 7) is 1.95. The fourth-order valence-corrected chi connectivity index (χ4v) is 4.34. The van der Waals surface area contributed by atoms with Gasteiger partial charge in [0.15, 0.2) is 11.4 Å². The van der Waals surface area contributed by atoms with Crippen LogP contribution in [0, 0.1) is 6.92 Å². The van der Waals surface area contributed by atoms with Crippen LogP contribution < -0.4 is 0 Å². The molecule has 0 spiro atoms. The first kappa shape index (κ1) is 22.1. The molecule has 0 unspecified atom stereocenters. The second-order valence-corrected chi connectivity index (χ2v) is 8.59. The van der Waals surface area contributed by atoms with Crippen molar-refractivity contribution in [2.24, 2.45) is 0 Å². The highest BCUT2D eigenvalue weighted by atomic mass is 35.5. The molecule has 0 N–H and O–H groups in total. The van der Waals surface area contributed by atoms with Gasteiger partial charge in [-0.2, -0.15) is 5.10 Å². The number of ketones is 1. The van der Waals surface area contributed by atoms with Gasteiger partial charge in [0.05, 0.1) is 16.8 Å². The lowest BCUT2D eigenvalue weighted by atomic mass is 9.96. The number of carbonyl (C=O) groups is 1. The molecular formula is C28H19Cl2N3O. The van der Waals surface area contributed by atoms with Gasteiger partial charge in [-0.15, -0.1) is 0 Å². The number of aromatic nitrogens is 3. The van der Waals surface area contributed by atoms with Crippen LogP contribution >= 0.6 is 23.2 Å². The monoisotopic (exact) mass is 483 g/mol. The minimum Gasteiger partial charge on any atom is -0.289 e. The van der Waals surface area contributed by atoms with Crippen molar-refractivity contribution in [3.05, 3.63) is 118 Å². The Hall–Kier alpha value is -3.73. The van der Waals surface area contributed by atoms with Crippen LogP contribution in [0.3, 0.4) is 0 Å². The Morgan fingerprint density at radius 2 is 1.53 bits per heavy atom. The first-order valence-corrected chi connectivity index (χ1v) is 11.5. The molecule has 3 aromatic carbocycles. The molecule has 0 bridgehead atoms. The Morgan fingerprint density at radius 1 is 0.882 bits per heavy atom. The van der Waals surface area contributed by atoms with Gasteiger partial charge in [-0.05, 0) is 61.0 Å². The second kappa shape index (κ2) is 9.26. The van der Waals surface area contributed by atoms with Crippen LogP contribution in [0.15, 0.2) is 91.0 Å². The van der Waals surface area contributed by atoms with Gasteiger partial charge >= 0.3 is 0 Å². The van der Waals surface area contributed by atoms with Gasteiger partial charge in [0.25, 0.3) is 0 Å². The summed E-state index contributed by atoms with van der Waals surface area (Å²) in [7, 11) is 0. The van der Waals surface area contributed by atoms with E-state index in [9.17, 15) is 4.79 Å². The number of fused-ring (bicyclic) bond motifs is 1. The van der Waals surface area contributed by atoms with Gasteiger partial charge < -0.3 is 0 Å². The SMILES string of the molecule is Cc1nn(-c2ccccc2)c2nc(Cl)c(/C=C/C(=O)c3ccc(Cl)cc3)c(-c3ccccc3)c12. The Labute approximate surface area is 207 Å². The summed E-state index contributed by atoms with van der Waals surface area (Å²) in [4.78, 5) is 17.5. The van der Waals surface area contributed by atoms with E-state index in [-0.39, 0.29) is 5.78 Å². The van der Waals surface area contributed by atoms with Crippen LogP contribution in [-0.2, 0) is 0 Å². The van der Waals surface area contributed by atoms with Crippen LogP contribution in [-0.4, -0.2) is 20.5 Å².